The number of methoxy groups -OCH3 is 1. The topological polar surface area (TPSA) is 167 Å². The molecule has 5 rings (SSSR count). The smallest absolute Gasteiger partial charge is 0.230 e. The van der Waals surface area contributed by atoms with Crippen molar-refractivity contribution >= 4 is 17.5 Å². The van der Waals surface area contributed by atoms with Crippen molar-refractivity contribution in [1.29, 1.82) is 0 Å². The number of rotatable bonds is 5. The van der Waals surface area contributed by atoms with Gasteiger partial charge in [-0.15, -0.1) is 0 Å². The number of phenolic OH excluding ortho intramolecular Hbond substituents is 1. The summed E-state index contributed by atoms with van der Waals surface area (Å²) in [5.74, 6) is -6.30. The quantitative estimate of drug-likeness (QED) is 0.380. The van der Waals surface area contributed by atoms with Gasteiger partial charge in [0.05, 0.1) is 18.8 Å². The van der Waals surface area contributed by atoms with Crippen LogP contribution in [0, 0.1) is 17.8 Å². The van der Waals surface area contributed by atoms with Crippen LogP contribution in [0.15, 0.2) is 47.7 Å². The van der Waals surface area contributed by atoms with E-state index in [1.54, 1.807) is 13.2 Å². The number of aliphatic hydroxyl groups excluding tert-OH is 2. The number of amides is 1. The number of aryl methyl sites for hydroxylation is 2. The van der Waals surface area contributed by atoms with Crippen molar-refractivity contribution in [2.45, 2.75) is 43.8 Å². The SMILES string of the molecule is COc1ccc(CCc2ccc(O)c3c2C[C@H]2C[C@H]4CC(O)C(C(N)=O)C(=O)[C@@]4(O)C(O)=C2C3=O)cc1. The molecule has 6 N–H and O–H groups in total. The van der Waals surface area contributed by atoms with E-state index in [9.17, 15) is 34.8 Å². The lowest BCUT2D eigenvalue weighted by Gasteiger charge is -2.48. The Morgan fingerprint density at radius 1 is 1.08 bits per heavy atom. The minimum Gasteiger partial charge on any atom is -0.508 e. The first-order valence-corrected chi connectivity index (χ1v) is 12.3. The van der Waals surface area contributed by atoms with Gasteiger partial charge < -0.3 is 30.9 Å². The number of hydrogen-bond donors (Lipinski definition) is 5. The van der Waals surface area contributed by atoms with Crippen LogP contribution in [-0.4, -0.2) is 56.7 Å². The molecule has 2 unspecified atom stereocenters. The maximum Gasteiger partial charge on any atom is 0.230 e. The molecule has 0 radical (unpaired) electrons. The Kier molecular flexibility index (Phi) is 6.08. The fraction of sp³-hybridized carbons (Fsp3) is 0.393. The minimum atomic E-state index is -2.50. The minimum absolute atomic E-state index is 0.0434. The summed E-state index contributed by atoms with van der Waals surface area (Å²) in [5.41, 5.74) is 5.31. The molecule has 0 heterocycles. The van der Waals surface area contributed by atoms with E-state index in [2.05, 4.69) is 0 Å². The van der Waals surface area contributed by atoms with E-state index < -0.39 is 52.7 Å². The number of benzene rings is 2. The summed E-state index contributed by atoms with van der Waals surface area (Å²) in [6, 6.07) is 10.9. The second kappa shape index (κ2) is 9.00. The number of nitrogens with two attached hydrogens (primary N) is 1. The number of Topliss-reactive ketones (excluding diaryl/α,β-unsaturated/α-hetero) is 2. The normalized spacial score (nSPS) is 28.8. The van der Waals surface area contributed by atoms with Gasteiger partial charge in [-0.2, -0.15) is 0 Å². The van der Waals surface area contributed by atoms with E-state index in [-0.39, 0.29) is 29.7 Å². The zero-order chi connectivity index (χ0) is 26.6. The molecule has 3 aliphatic carbocycles. The summed E-state index contributed by atoms with van der Waals surface area (Å²) in [5, 5.41) is 43.5. The number of allylic oxidation sites excluding steroid dienone is 1. The number of ether oxygens (including phenoxy) is 1. The predicted molar refractivity (Wildman–Crippen MR) is 131 cm³/mol. The number of fused-ring (bicyclic) bond motifs is 3. The maximum absolute atomic E-state index is 13.6. The average molecular weight is 508 g/mol. The first kappa shape index (κ1) is 25.0. The van der Waals surface area contributed by atoms with Crippen molar-refractivity contribution < 1.29 is 39.5 Å². The number of hydrogen-bond acceptors (Lipinski definition) is 8. The van der Waals surface area contributed by atoms with Gasteiger partial charge in [-0.3, -0.25) is 14.4 Å². The van der Waals surface area contributed by atoms with Gasteiger partial charge >= 0.3 is 0 Å². The first-order chi connectivity index (χ1) is 17.6. The van der Waals surface area contributed by atoms with Crippen LogP contribution in [0.5, 0.6) is 11.5 Å². The summed E-state index contributed by atoms with van der Waals surface area (Å²) in [4.78, 5) is 38.5. The summed E-state index contributed by atoms with van der Waals surface area (Å²) in [6.07, 6.45) is 0.220. The van der Waals surface area contributed by atoms with Gasteiger partial charge in [0, 0.05) is 11.5 Å². The van der Waals surface area contributed by atoms with E-state index in [4.69, 9.17) is 10.5 Å². The molecule has 0 aliphatic heterocycles. The molecule has 0 saturated heterocycles. The van der Waals surface area contributed by atoms with Crippen molar-refractivity contribution in [3.63, 3.8) is 0 Å². The number of primary amides is 1. The van der Waals surface area contributed by atoms with Crippen LogP contribution in [0.25, 0.3) is 0 Å². The van der Waals surface area contributed by atoms with E-state index >= 15 is 0 Å². The summed E-state index contributed by atoms with van der Waals surface area (Å²) in [6.45, 7) is 0. The Morgan fingerprint density at radius 2 is 1.78 bits per heavy atom. The third kappa shape index (κ3) is 3.81. The Bertz CT molecular complexity index is 1330. The Morgan fingerprint density at radius 3 is 2.43 bits per heavy atom. The number of ketones is 2. The van der Waals surface area contributed by atoms with E-state index in [0.29, 0.717) is 24.8 Å². The summed E-state index contributed by atoms with van der Waals surface area (Å²) >= 11 is 0. The van der Waals surface area contributed by atoms with Crippen molar-refractivity contribution in [3.8, 4) is 11.5 Å². The molecule has 1 amide bonds. The summed E-state index contributed by atoms with van der Waals surface area (Å²) < 4.78 is 5.20. The molecule has 1 fully saturated rings. The van der Waals surface area contributed by atoms with Crippen molar-refractivity contribution in [3.05, 3.63) is 70.0 Å². The number of aromatic hydroxyl groups is 1. The standard InChI is InChI=1S/C28H29NO8/c1-37-17-7-3-13(4-8-17)2-5-14-6-9-19(30)22-18(14)11-15-10-16-12-20(31)23(27(29)35)26(34)28(16,36)25(33)21(15)24(22)32/h3-4,6-9,15-16,20,23,30-31,33,36H,2,5,10-12H2,1H3,(H2,29,35)/t15-,16+,20?,23?,28+/m1/s1. The maximum atomic E-state index is 13.6. The average Bonchev–Trinajstić information content (AvgIpc) is 2.86. The Hall–Kier alpha value is -3.69. The van der Waals surface area contributed by atoms with Crippen LogP contribution in [0.1, 0.15) is 39.9 Å². The van der Waals surface area contributed by atoms with Gasteiger partial charge in [0.2, 0.25) is 5.91 Å². The van der Waals surface area contributed by atoms with Gasteiger partial charge in [0.15, 0.2) is 17.2 Å². The second-order valence-electron chi connectivity index (χ2n) is 10.2. The van der Waals surface area contributed by atoms with Crippen molar-refractivity contribution in [1.82, 2.24) is 0 Å². The van der Waals surface area contributed by atoms with E-state index in [1.807, 2.05) is 24.3 Å². The molecule has 194 valence electrons. The van der Waals surface area contributed by atoms with Gasteiger partial charge in [-0.25, -0.2) is 0 Å². The molecule has 2 aromatic carbocycles. The van der Waals surface area contributed by atoms with Crippen molar-refractivity contribution in [2.24, 2.45) is 23.5 Å². The fourth-order valence-corrected chi connectivity index (χ4v) is 6.30. The van der Waals surface area contributed by atoms with Crippen LogP contribution >= 0.6 is 0 Å². The highest BCUT2D eigenvalue weighted by Gasteiger charge is 2.62. The van der Waals surface area contributed by atoms with Crippen LogP contribution in [0.4, 0.5) is 0 Å². The molecule has 0 spiro atoms. The lowest BCUT2D eigenvalue weighted by molar-refractivity contribution is -0.167. The highest BCUT2D eigenvalue weighted by Crippen LogP contribution is 2.51. The predicted octanol–water partition coefficient (Wildman–Crippen LogP) is 1.54. The van der Waals surface area contributed by atoms with Gasteiger partial charge in [0.25, 0.3) is 0 Å². The zero-order valence-corrected chi connectivity index (χ0v) is 20.3. The fourth-order valence-electron chi connectivity index (χ4n) is 6.30. The zero-order valence-electron chi connectivity index (χ0n) is 20.3. The monoisotopic (exact) mass is 507 g/mol. The molecule has 5 atom stereocenters. The van der Waals surface area contributed by atoms with Crippen LogP contribution in [0.2, 0.25) is 0 Å². The molecule has 3 aliphatic rings. The van der Waals surface area contributed by atoms with E-state index in [0.717, 1.165) is 16.9 Å². The lowest BCUT2D eigenvalue weighted by atomic mass is 9.57. The highest BCUT2D eigenvalue weighted by molar-refractivity contribution is 6.15. The molecular weight excluding hydrogens is 478 g/mol. The largest absolute Gasteiger partial charge is 0.508 e. The Labute approximate surface area is 213 Å². The van der Waals surface area contributed by atoms with Gasteiger partial charge in [0.1, 0.15) is 23.2 Å². The molecule has 9 nitrogen and oxygen atoms in total. The number of aliphatic hydroxyl groups is 3. The molecule has 37 heavy (non-hydrogen) atoms. The second-order valence-corrected chi connectivity index (χ2v) is 10.2. The van der Waals surface area contributed by atoms with Crippen LogP contribution in [-0.2, 0) is 28.9 Å². The van der Waals surface area contributed by atoms with Crippen molar-refractivity contribution in [2.75, 3.05) is 7.11 Å². The highest BCUT2D eigenvalue weighted by atomic mass is 16.5. The van der Waals surface area contributed by atoms with E-state index in [1.165, 1.54) is 6.07 Å². The Balaban J connectivity index is 1.52. The van der Waals surface area contributed by atoms with Gasteiger partial charge in [-0.05, 0) is 72.9 Å². The lowest BCUT2D eigenvalue weighted by Crippen LogP contribution is -2.63. The third-order valence-corrected chi connectivity index (χ3v) is 8.21. The van der Waals surface area contributed by atoms with Crippen LogP contribution < -0.4 is 10.5 Å². The van der Waals surface area contributed by atoms with Gasteiger partial charge in [-0.1, -0.05) is 18.2 Å². The molecule has 9 heteroatoms. The third-order valence-electron chi connectivity index (χ3n) is 8.21. The first-order valence-electron chi connectivity index (χ1n) is 12.3. The summed E-state index contributed by atoms with van der Waals surface area (Å²) in [7, 11) is 1.60. The number of carbonyl (C=O) groups excluding carboxylic acids is 3. The molecule has 0 aromatic heterocycles. The number of phenols is 1. The molecular formula is C28H29NO8. The molecule has 1 saturated carbocycles. The van der Waals surface area contributed by atoms with Crippen LogP contribution in [0.3, 0.4) is 0 Å². The molecule has 2 aromatic rings. The molecule has 0 bridgehead atoms. The number of carbonyl (C=O) groups is 3.